The maximum absolute atomic E-state index is 4.50. The highest BCUT2D eigenvalue weighted by atomic mass is 32.2. The first-order valence-electron chi connectivity index (χ1n) is 9.80. The molecule has 0 bridgehead atoms. The zero-order valence-corrected chi connectivity index (χ0v) is 18.2. The Labute approximate surface area is 161 Å². The van der Waals surface area contributed by atoms with Crippen molar-refractivity contribution in [3.05, 3.63) is 29.8 Å². The summed E-state index contributed by atoms with van der Waals surface area (Å²) in [5.74, 6) is 1.23. The Kier molecular flexibility index (Phi) is 22.1. The van der Waals surface area contributed by atoms with Crippen LogP contribution in [0.5, 0.6) is 0 Å². The van der Waals surface area contributed by atoms with Gasteiger partial charge in [0.05, 0.1) is 5.71 Å². The van der Waals surface area contributed by atoms with Crippen LogP contribution in [0.15, 0.2) is 34.3 Å². The highest BCUT2D eigenvalue weighted by Crippen LogP contribution is 2.20. The van der Waals surface area contributed by atoms with Gasteiger partial charge in [0.1, 0.15) is 0 Å². The summed E-state index contributed by atoms with van der Waals surface area (Å²) in [6.45, 7) is 8.30. The molecule has 1 aromatic carbocycles. The van der Waals surface area contributed by atoms with Gasteiger partial charge in [-0.2, -0.15) is 5.10 Å². The van der Waals surface area contributed by atoms with E-state index in [-0.39, 0.29) is 0 Å². The van der Waals surface area contributed by atoms with Gasteiger partial charge in [0.25, 0.3) is 0 Å². The Hall–Kier alpha value is -1.00. The zero-order valence-electron chi connectivity index (χ0n) is 17.4. The van der Waals surface area contributed by atoms with E-state index in [1.54, 1.807) is 0 Å². The fourth-order valence-electron chi connectivity index (χ4n) is 2.27. The van der Waals surface area contributed by atoms with Crippen molar-refractivity contribution in [3.8, 4) is 0 Å². The van der Waals surface area contributed by atoms with Crippen LogP contribution in [0.2, 0.25) is 0 Å². The second kappa shape index (κ2) is 21.0. The number of nitrogens with one attached hydrogen (secondary N) is 1. The number of thioether (sulfide) groups is 1. The van der Waals surface area contributed by atoms with Gasteiger partial charge in [-0.3, -0.25) is 0 Å². The molecule has 0 aromatic heterocycles. The van der Waals surface area contributed by atoms with Crippen LogP contribution in [0.1, 0.15) is 78.2 Å². The van der Waals surface area contributed by atoms with Crippen molar-refractivity contribution in [2.24, 2.45) is 10.8 Å². The highest BCUT2D eigenvalue weighted by molar-refractivity contribution is 7.99. The van der Waals surface area contributed by atoms with Crippen molar-refractivity contribution >= 4 is 17.5 Å². The second-order valence-electron chi connectivity index (χ2n) is 5.41. The van der Waals surface area contributed by atoms with Crippen LogP contribution in [0.3, 0.4) is 0 Å². The summed E-state index contributed by atoms with van der Waals surface area (Å²) >= 11 is 1.97. The Morgan fingerprint density at radius 1 is 0.960 bits per heavy atom. The predicted molar refractivity (Wildman–Crippen MR) is 118 cm³/mol. The minimum atomic E-state index is 1.03. The lowest BCUT2D eigenvalue weighted by Crippen LogP contribution is -2.02. The molecule has 0 fully saturated rings. The third-order valence-electron chi connectivity index (χ3n) is 3.57. The summed E-state index contributed by atoms with van der Waals surface area (Å²) in [7, 11) is 3.33. The van der Waals surface area contributed by atoms with E-state index >= 15 is 0 Å². The molecule has 0 amide bonds. The highest BCUT2D eigenvalue weighted by Gasteiger charge is 1.99. The first kappa shape index (κ1) is 26.2. The van der Waals surface area contributed by atoms with E-state index in [0.717, 1.165) is 5.71 Å². The van der Waals surface area contributed by atoms with Crippen molar-refractivity contribution in [2.45, 2.75) is 77.5 Å². The van der Waals surface area contributed by atoms with E-state index in [4.69, 9.17) is 0 Å². The van der Waals surface area contributed by atoms with Crippen molar-refractivity contribution < 1.29 is 0 Å². The van der Waals surface area contributed by atoms with Crippen LogP contribution in [0.25, 0.3) is 0 Å². The number of hydrogen-bond donors (Lipinski definition) is 2. The molecule has 0 saturated heterocycles. The molecule has 0 heterocycles. The van der Waals surface area contributed by atoms with Crippen LogP contribution in [-0.2, 0) is 0 Å². The molecule has 1 aromatic rings. The quantitative estimate of drug-likeness (QED) is 0.216. The number of benzene rings is 1. The smallest absolute Gasteiger partial charge is 0.0644 e. The van der Waals surface area contributed by atoms with Gasteiger partial charge in [-0.15, -0.1) is 11.8 Å². The molecule has 0 atom stereocenters. The maximum atomic E-state index is 4.50. The fourth-order valence-corrected chi connectivity index (χ4v) is 3.19. The fraction of sp³-hybridized carbons (Fsp3) is 0.667. The number of hydrogen-bond acceptors (Lipinski definition) is 4. The van der Waals surface area contributed by atoms with E-state index in [1.807, 2.05) is 39.6 Å². The number of nitrogens with zero attached hydrogens (tertiary/aromatic N) is 1. The lowest BCUT2D eigenvalue weighted by atomic mass is 10.1. The monoisotopic (exact) mass is 367 g/mol. The van der Waals surface area contributed by atoms with Gasteiger partial charge in [0.15, 0.2) is 0 Å². The largest absolute Gasteiger partial charge is 0.333 e. The summed E-state index contributed by atoms with van der Waals surface area (Å²) in [4.78, 5) is 1.36. The van der Waals surface area contributed by atoms with Gasteiger partial charge in [0, 0.05) is 11.9 Å². The molecule has 0 radical (unpaired) electrons. The predicted octanol–water partition coefficient (Wildman–Crippen LogP) is 6.07. The first-order chi connectivity index (χ1) is 12.3. The number of rotatable bonds is 11. The molecule has 0 unspecified atom stereocenters. The maximum Gasteiger partial charge on any atom is 0.0644 e. The van der Waals surface area contributed by atoms with Gasteiger partial charge >= 0.3 is 0 Å². The molecule has 0 saturated carbocycles. The molecule has 146 valence electrons. The van der Waals surface area contributed by atoms with Gasteiger partial charge in [-0.1, -0.05) is 71.4 Å². The standard InChI is InChI=1S/C18H30N2S.C2H6.CH5N/c1-4-5-6-7-8-9-10-15-21-18-13-11-17(12-14-18)16(2)20-19-3;2*1-2/h11-14,19H,4-10,15H2,1-3H3;1-2H3;2H2,1H3/b20-16+;;. The van der Waals surface area contributed by atoms with Gasteiger partial charge < -0.3 is 11.2 Å². The van der Waals surface area contributed by atoms with Crippen molar-refractivity contribution in [3.63, 3.8) is 0 Å². The summed E-state index contributed by atoms with van der Waals surface area (Å²) < 4.78 is 0. The lowest BCUT2D eigenvalue weighted by molar-refractivity contribution is 0.603. The van der Waals surface area contributed by atoms with E-state index in [2.05, 4.69) is 47.5 Å². The van der Waals surface area contributed by atoms with Gasteiger partial charge in [0.2, 0.25) is 0 Å². The molecule has 0 spiro atoms. The Morgan fingerprint density at radius 3 is 2.00 bits per heavy atom. The summed E-state index contributed by atoms with van der Waals surface area (Å²) in [5.41, 5.74) is 9.54. The van der Waals surface area contributed by atoms with Gasteiger partial charge in [-0.25, -0.2) is 0 Å². The van der Waals surface area contributed by atoms with Crippen LogP contribution in [0, 0.1) is 0 Å². The van der Waals surface area contributed by atoms with Crippen LogP contribution in [-0.4, -0.2) is 25.6 Å². The van der Waals surface area contributed by atoms with Crippen LogP contribution >= 0.6 is 11.8 Å². The molecule has 3 N–H and O–H groups in total. The minimum Gasteiger partial charge on any atom is -0.333 e. The average molecular weight is 368 g/mol. The van der Waals surface area contributed by atoms with E-state index in [1.165, 1.54) is 68.2 Å². The summed E-state index contributed by atoms with van der Waals surface area (Å²) in [6, 6.07) is 8.72. The van der Waals surface area contributed by atoms with Crippen LogP contribution in [0.4, 0.5) is 0 Å². The van der Waals surface area contributed by atoms with E-state index < -0.39 is 0 Å². The van der Waals surface area contributed by atoms with Crippen molar-refractivity contribution in [1.82, 2.24) is 5.43 Å². The summed E-state index contributed by atoms with van der Waals surface area (Å²) in [6.07, 6.45) is 9.68. The molecular formula is C21H41N3S. The molecule has 0 aliphatic rings. The second-order valence-corrected chi connectivity index (χ2v) is 6.58. The third-order valence-corrected chi connectivity index (χ3v) is 4.67. The Balaban J connectivity index is 0. The number of unbranched alkanes of at least 4 members (excludes halogenated alkanes) is 6. The molecule has 0 aliphatic heterocycles. The first-order valence-corrected chi connectivity index (χ1v) is 10.8. The topological polar surface area (TPSA) is 50.4 Å². The minimum absolute atomic E-state index is 1.03. The number of hydrazone groups is 1. The molecule has 3 nitrogen and oxygen atoms in total. The Morgan fingerprint density at radius 2 is 1.48 bits per heavy atom. The molecule has 25 heavy (non-hydrogen) atoms. The molecule has 1 rings (SSSR count). The third kappa shape index (κ3) is 15.0. The Bertz CT molecular complexity index is 402. The lowest BCUT2D eigenvalue weighted by Gasteiger charge is -2.04. The number of nitrogens with two attached hydrogens (primary N) is 1. The summed E-state index contributed by atoms with van der Waals surface area (Å²) in [5, 5.41) is 4.20. The zero-order chi connectivity index (χ0) is 19.3. The van der Waals surface area contributed by atoms with Gasteiger partial charge in [-0.05, 0) is 43.8 Å². The van der Waals surface area contributed by atoms with Crippen LogP contribution < -0.4 is 11.2 Å². The SMILES string of the molecule is CC.CCCCCCCCCSc1ccc(/C(C)=N/NC)cc1.CN. The van der Waals surface area contributed by atoms with Crippen molar-refractivity contribution in [1.29, 1.82) is 0 Å². The van der Waals surface area contributed by atoms with Crippen molar-refractivity contribution in [2.75, 3.05) is 19.8 Å². The average Bonchev–Trinajstić information content (AvgIpc) is 2.68. The van der Waals surface area contributed by atoms with E-state index in [9.17, 15) is 0 Å². The van der Waals surface area contributed by atoms with E-state index in [0.29, 0.717) is 0 Å². The normalized spacial score (nSPS) is 10.3. The molecule has 0 aliphatic carbocycles. The molecule has 4 heteroatoms. The molecular weight excluding hydrogens is 326 g/mol.